The van der Waals surface area contributed by atoms with Gasteiger partial charge < -0.3 is 47.3 Å². The van der Waals surface area contributed by atoms with Gasteiger partial charge in [-0.2, -0.15) is 0 Å². The number of ether oxygens (including phenoxy) is 6. The number of benzene rings is 3. The molecule has 18 heteroatoms. The molecule has 3 aromatic rings. The van der Waals surface area contributed by atoms with Crippen molar-refractivity contribution in [2.45, 2.75) is 28.2 Å². The number of aryl methyl sites for hydroxylation is 2. The van der Waals surface area contributed by atoms with Crippen LogP contribution in [0.15, 0.2) is 42.5 Å². The molecule has 0 fully saturated rings. The monoisotopic (exact) mass is 852 g/mol. The van der Waals surface area contributed by atoms with Gasteiger partial charge >= 0.3 is 35.8 Å². The van der Waals surface area contributed by atoms with Crippen LogP contribution in [0.5, 0.6) is 0 Å². The Morgan fingerprint density at radius 3 is 1.30 bits per heavy atom. The van der Waals surface area contributed by atoms with Crippen molar-refractivity contribution in [2.75, 3.05) is 61.2 Å². The summed E-state index contributed by atoms with van der Waals surface area (Å²) in [5.41, 5.74) is 14.7. The summed E-state index contributed by atoms with van der Waals surface area (Å²) in [6, 6.07) is 11.1. The number of anilines is 2. The van der Waals surface area contributed by atoms with E-state index in [1.54, 1.807) is 51.1 Å². The van der Waals surface area contributed by atoms with Crippen molar-refractivity contribution >= 4 is 47.2 Å². The summed E-state index contributed by atoms with van der Waals surface area (Å²) < 4.78 is 27.6. The fourth-order valence-electron chi connectivity index (χ4n) is 4.10. The molecule has 0 aliphatic carbocycles. The maximum absolute atomic E-state index is 11.5. The Balaban J connectivity index is -0.000000322. The Morgan fingerprint density at radius 2 is 0.870 bits per heavy atom. The standard InChI is InChI=1S/2C11H13NO4.C11H12O4.CH3NO2.CH4.CH3.Pd/c1-6-8(12)5-4-7(10(13)15-2)9(6)11(14)16-3;1-6-4-5-7(12)9(11(14)16-3)8(6)10(13)15-2;1-7-5-4-6-8(10(12)14-2)9(7)11(13)15-3;1-2(3)4;;;/h2*4-5H,12H2,1-3H3;4-6H,1-3H3;1H3;1H4;1H3;/q;;;;;-1;. The minimum Gasteiger partial charge on any atom is -0.465 e. The van der Waals surface area contributed by atoms with Gasteiger partial charge in [0.2, 0.25) is 0 Å². The number of hydrogen-bond acceptors (Lipinski definition) is 16. The molecule has 0 saturated carbocycles. The quantitative estimate of drug-likeness (QED) is 0.0640. The van der Waals surface area contributed by atoms with Crippen molar-refractivity contribution in [3.05, 3.63) is 110 Å². The van der Waals surface area contributed by atoms with Crippen molar-refractivity contribution in [1.29, 1.82) is 0 Å². The number of methoxy groups -OCH3 is 6. The molecule has 0 aliphatic heterocycles. The van der Waals surface area contributed by atoms with E-state index in [0.29, 0.717) is 22.4 Å². The average molecular weight is 853 g/mol. The Labute approximate surface area is 328 Å². The Hall–Kier alpha value is -5.86. The van der Waals surface area contributed by atoms with Gasteiger partial charge in [0, 0.05) is 36.7 Å². The zero-order valence-electron chi connectivity index (χ0n) is 31.2. The van der Waals surface area contributed by atoms with E-state index in [9.17, 15) is 28.8 Å². The van der Waals surface area contributed by atoms with Gasteiger partial charge in [-0.15, -0.1) is 0 Å². The fraction of sp³-hybridized carbons (Fsp3) is 0.306. The van der Waals surface area contributed by atoms with Crippen LogP contribution < -0.4 is 11.5 Å². The predicted octanol–water partition coefficient (Wildman–Crippen LogP) is 4.85. The second-order valence-corrected chi connectivity index (χ2v) is 9.81. The first-order valence-corrected chi connectivity index (χ1v) is 14.4. The molecule has 0 bridgehead atoms. The molecule has 54 heavy (non-hydrogen) atoms. The summed E-state index contributed by atoms with van der Waals surface area (Å²) >= 11 is 0. The molecule has 0 aliphatic rings. The summed E-state index contributed by atoms with van der Waals surface area (Å²) in [5.74, 6) is -3.53. The topological polar surface area (TPSA) is 253 Å². The van der Waals surface area contributed by atoms with Crippen LogP contribution in [-0.4, -0.2) is 90.4 Å². The van der Waals surface area contributed by atoms with E-state index in [2.05, 4.69) is 28.4 Å². The van der Waals surface area contributed by atoms with Gasteiger partial charge in [0.15, 0.2) is 7.05 Å². The van der Waals surface area contributed by atoms with E-state index in [-0.39, 0.29) is 74.3 Å². The molecule has 0 radical (unpaired) electrons. The normalized spacial score (nSPS) is 8.85. The predicted molar refractivity (Wildman–Crippen MR) is 196 cm³/mol. The van der Waals surface area contributed by atoms with Gasteiger partial charge in [-0.25, -0.2) is 28.8 Å². The van der Waals surface area contributed by atoms with E-state index in [0.717, 1.165) is 7.05 Å². The van der Waals surface area contributed by atoms with E-state index >= 15 is 0 Å². The Kier molecular flexibility index (Phi) is 27.3. The molecule has 4 N–H and O–H groups in total. The zero-order chi connectivity index (χ0) is 39.6. The van der Waals surface area contributed by atoms with E-state index in [1.807, 2.05) is 0 Å². The van der Waals surface area contributed by atoms with Crippen LogP contribution in [0, 0.1) is 38.3 Å². The van der Waals surface area contributed by atoms with Gasteiger partial charge in [0.05, 0.1) is 76.0 Å². The summed E-state index contributed by atoms with van der Waals surface area (Å²) in [6.45, 7) is 5.07. The van der Waals surface area contributed by atoms with Gasteiger partial charge in [0.25, 0.3) is 0 Å². The van der Waals surface area contributed by atoms with Gasteiger partial charge in [-0.3, -0.25) is 10.1 Å². The van der Waals surface area contributed by atoms with Crippen LogP contribution >= 0.6 is 0 Å². The molecule has 0 heterocycles. The van der Waals surface area contributed by atoms with Crippen LogP contribution in [0.3, 0.4) is 0 Å². The van der Waals surface area contributed by atoms with Crippen LogP contribution in [0.1, 0.15) is 86.3 Å². The summed E-state index contributed by atoms with van der Waals surface area (Å²) in [5, 5.41) is 8.81. The molecular formula is C36H48N3O14Pd-. The molecule has 3 rings (SSSR count). The van der Waals surface area contributed by atoms with Crippen LogP contribution in [-0.2, 0) is 48.8 Å². The third-order valence-electron chi connectivity index (χ3n) is 6.59. The minimum absolute atomic E-state index is 0. The third-order valence-corrected chi connectivity index (χ3v) is 6.59. The van der Waals surface area contributed by atoms with Crippen LogP contribution in [0.2, 0.25) is 0 Å². The van der Waals surface area contributed by atoms with Crippen LogP contribution in [0.25, 0.3) is 0 Å². The fourth-order valence-corrected chi connectivity index (χ4v) is 4.10. The van der Waals surface area contributed by atoms with Crippen LogP contribution in [0.4, 0.5) is 11.4 Å². The van der Waals surface area contributed by atoms with Crippen molar-refractivity contribution in [1.82, 2.24) is 0 Å². The minimum atomic E-state index is -0.651. The Morgan fingerprint density at radius 1 is 0.537 bits per heavy atom. The number of nitrogen functional groups attached to an aromatic ring is 2. The van der Waals surface area contributed by atoms with E-state index < -0.39 is 40.7 Å². The largest absolute Gasteiger partial charge is 0.465 e. The Bertz CT molecular complexity index is 1710. The molecule has 17 nitrogen and oxygen atoms in total. The van der Waals surface area contributed by atoms with Gasteiger partial charge in [-0.05, 0) is 61.7 Å². The van der Waals surface area contributed by atoms with Gasteiger partial charge in [-0.1, -0.05) is 25.6 Å². The van der Waals surface area contributed by atoms with Crippen molar-refractivity contribution in [3.63, 3.8) is 0 Å². The number of hydrogen-bond donors (Lipinski definition) is 2. The van der Waals surface area contributed by atoms with Crippen molar-refractivity contribution in [2.24, 2.45) is 0 Å². The first kappa shape index (κ1) is 54.9. The third kappa shape index (κ3) is 15.4. The second-order valence-electron chi connectivity index (χ2n) is 9.81. The molecule has 0 aromatic heterocycles. The maximum atomic E-state index is 11.5. The summed E-state index contributed by atoms with van der Waals surface area (Å²) in [6.07, 6.45) is 0. The summed E-state index contributed by atoms with van der Waals surface area (Å²) in [7, 11) is 8.39. The molecule has 0 amide bonds. The molecule has 0 saturated heterocycles. The first-order valence-electron chi connectivity index (χ1n) is 14.4. The maximum Gasteiger partial charge on any atom is 0.340 e. The van der Waals surface area contributed by atoms with Crippen molar-refractivity contribution < 1.29 is 82.5 Å². The number of nitrogens with zero attached hydrogens (tertiary/aromatic N) is 1. The zero-order valence-corrected chi connectivity index (χ0v) is 32.7. The van der Waals surface area contributed by atoms with Crippen molar-refractivity contribution in [3.8, 4) is 0 Å². The number of nitrogens with two attached hydrogens (primary N) is 2. The van der Waals surface area contributed by atoms with E-state index in [4.69, 9.17) is 21.6 Å². The average Bonchev–Trinajstić information content (AvgIpc) is 3.11. The SMILES string of the molecule is C.COC(=O)c1c(C)ccc(N)c1C(=O)OC.COC(=O)c1ccc(N)c(C)c1C(=O)OC.COC(=O)c1cccc(C)c1C(=O)OC.C[N+](=O)[O-].[CH3-].[Pd]. The second kappa shape index (κ2) is 26.8. The number of esters is 6. The molecule has 0 spiro atoms. The van der Waals surface area contributed by atoms with Gasteiger partial charge in [0.1, 0.15) is 0 Å². The number of carbonyl (C=O) groups is 6. The molecule has 3 aromatic carbocycles. The summed E-state index contributed by atoms with van der Waals surface area (Å²) in [4.78, 5) is 77.2. The number of carbonyl (C=O) groups excluding carboxylic acids is 6. The molecule has 0 atom stereocenters. The smallest absolute Gasteiger partial charge is 0.340 e. The molecule has 0 unspecified atom stereocenters. The first-order chi connectivity index (χ1) is 23.9. The number of nitro groups is 1. The van der Waals surface area contributed by atoms with E-state index in [1.165, 1.54) is 54.8 Å². The molecule has 302 valence electrons. The molecular weight excluding hydrogens is 805 g/mol. The number of rotatable bonds is 6.